The number of carbonyl (C=O) groups is 1. The van der Waals surface area contributed by atoms with E-state index in [1.165, 1.54) is 4.90 Å². The third kappa shape index (κ3) is 4.84. The molecule has 1 amide bonds. The summed E-state index contributed by atoms with van der Waals surface area (Å²) in [6.45, 7) is 7.75. The number of amides is 1. The Morgan fingerprint density at radius 3 is 2.50 bits per heavy atom. The van der Waals surface area contributed by atoms with Crippen molar-refractivity contribution in [3.63, 3.8) is 0 Å². The van der Waals surface area contributed by atoms with E-state index in [1.54, 1.807) is 7.05 Å². The minimum Gasteiger partial charge on any atom is -0.307 e. The zero-order chi connectivity index (χ0) is 11.1. The third-order valence-corrected chi connectivity index (χ3v) is 1.95. The first-order valence-electron chi connectivity index (χ1n) is 4.96. The third-order valence-electron chi connectivity index (χ3n) is 1.95. The summed E-state index contributed by atoms with van der Waals surface area (Å²) in [7, 11) is 1.69. The van der Waals surface area contributed by atoms with E-state index in [1.807, 2.05) is 20.8 Å². The van der Waals surface area contributed by atoms with E-state index in [0.717, 1.165) is 18.6 Å². The predicted molar refractivity (Wildman–Crippen MR) is 57.4 cm³/mol. The molecule has 4 heteroatoms. The van der Waals surface area contributed by atoms with E-state index in [2.05, 4.69) is 12.1 Å². The van der Waals surface area contributed by atoms with E-state index >= 15 is 0 Å². The first kappa shape index (κ1) is 12.9. The van der Waals surface area contributed by atoms with Crippen molar-refractivity contribution in [2.75, 3.05) is 7.05 Å². The Morgan fingerprint density at radius 2 is 2.07 bits per heavy atom. The molecule has 0 aliphatic carbocycles. The summed E-state index contributed by atoms with van der Waals surface area (Å²) in [6, 6.07) is 0.129. The lowest BCUT2D eigenvalue weighted by molar-refractivity contribution is 0.105. The highest BCUT2D eigenvalue weighted by molar-refractivity contribution is 5.82. The molecule has 4 nitrogen and oxygen atoms in total. The summed E-state index contributed by atoms with van der Waals surface area (Å²) in [4.78, 5) is 17.5. The van der Waals surface area contributed by atoms with Gasteiger partial charge in [-0.15, -0.1) is 0 Å². The van der Waals surface area contributed by atoms with Crippen molar-refractivity contribution in [1.82, 2.24) is 4.90 Å². The Bertz CT molecular complexity index is 212. The van der Waals surface area contributed by atoms with E-state index in [0.29, 0.717) is 0 Å². The molecule has 14 heavy (non-hydrogen) atoms. The van der Waals surface area contributed by atoms with Crippen LogP contribution in [0.2, 0.25) is 0 Å². The number of oxime groups is 1. The number of hydrogen-bond donors (Lipinski definition) is 0. The lowest BCUT2D eigenvalue weighted by atomic mass is 10.2. The van der Waals surface area contributed by atoms with Crippen LogP contribution < -0.4 is 0 Å². The fourth-order valence-electron chi connectivity index (χ4n) is 0.800. The maximum Gasteiger partial charge on any atom is 0.435 e. The van der Waals surface area contributed by atoms with Crippen LogP contribution in [0.3, 0.4) is 0 Å². The molecule has 0 spiro atoms. The first-order chi connectivity index (χ1) is 6.49. The molecule has 0 aliphatic heterocycles. The van der Waals surface area contributed by atoms with Gasteiger partial charge in [0.25, 0.3) is 0 Å². The Morgan fingerprint density at radius 1 is 1.50 bits per heavy atom. The van der Waals surface area contributed by atoms with Gasteiger partial charge in [0.05, 0.1) is 5.71 Å². The topological polar surface area (TPSA) is 41.9 Å². The standard InChI is InChI=1S/C10H20N2O2/c1-6-7-9(4)11-14-10(13)12(5)8(2)3/h8H,6-7H2,1-5H3/b11-9+. The molecule has 82 valence electrons. The second-order valence-electron chi connectivity index (χ2n) is 3.64. The second-order valence-corrected chi connectivity index (χ2v) is 3.64. The highest BCUT2D eigenvalue weighted by Gasteiger charge is 2.12. The van der Waals surface area contributed by atoms with Crippen molar-refractivity contribution >= 4 is 11.8 Å². The molecule has 0 bridgehead atoms. The van der Waals surface area contributed by atoms with Crippen LogP contribution in [0.5, 0.6) is 0 Å². The van der Waals surface area contributed by atoms with Crippen molar-refractivity contribution in [3.05, 3.63) is 0 Å². The van der Waals surface area contributed by atoms with Crippen LogP contribution in [-0.4, -0.2) is 29.8 Å². The number of carbonyl (C=O) groups excluding carboxylic acids is 1. The first-order valence-corrected chi connectivity index (χ1v) is 4.96. The molecule has 0 rings (SSSR count). The number of rotatable bonds is 4. The molecule has 0 heterocycles. The lowest BCUT2D eigenvalue weighted by Gasteiger charge is -2.18. The zero-order valence-electron chi connectivity index (χ0n) is 9.70. The van der Waals surface area contributed by atoms with E-state index in [9.17, 15) is 4.79 Å². The van der Waals surface area contributed by atoms with Gasteiger partial charge in [-0.25, -0.2) is 4.79 Å². The van der Waals surface area contributed by atoms with Crippen molar-refractivity contribution in [3.8, 4) is 0 Å². The van der Waals surface area contributed by atoms with Crippen LogP contribution in [0.1, 0.15) is 40.5 Å². The fourth-order valence-corrected chi connectivity index (χ4v) is 0.800. The van der Waals surface area contributed by atoms with Crippen LogP contribution >= 0.6 is 0 Å². The van der Waals surface area contributed by atoms with Gasteiger partial charge in [0.15, 0.2) is 0 Å². The van der Waals surface area contributed by atoms with Crippen molar-refractivity contribution < 1.29 is 9.63 Å². The SMILES string of the molecule is CCC/C(C)=N/OC(=O)N(C)C(C)C. The molecular weight excluding hydrogens is 180 g/mol. The molecule has 0 atom stereocenters. The van der Waals surface area contributed by atoms with Gasteiger partial charge in [-0.2, -0.15) is 0 Å². The normalized spacial score (nSPS) is 11.7. The molecule has 0 N–H and O–H groups in total. The summed E-state index contributed by atoms with van der Waals surface area (Å²) in [6.07, 6.45) is 1.46. The molecule has 0 aliphatic rings. The largest absolute Gasteiger partial charge is 0.435 e. The van der Waals surface area contributed by atoms with Crippen LogP contribution in [0.15, 0.2) is 5.16 Å². The zero-order valence-corrected chi connectivity index (χ0v) is 9.70. The van der Waals surface area contributed by atoms with Crippen LogP contribution in [0.4, 0.5) is 4.79 Å². The van der Waals surface area contributed by atoms with Gasteiger partial charge in [0.1, 0.15) is 0 Å². The summed E-state index contributed by atoms with van der Waals surface area (Å²) in [5.41, 5.74) is 0.845. The van der Waals surface area contributed by atoms with Crippen molar-refractivity contribution in [1.29, 1.82) is 0 Å². The van der Waals surface area contributed by atoms with E-state index < -0.39 is 6.09 Å². The van der Waals surface area contributed by atoms with E-state index in [4.69, 9.17) is 4.84 Å². The maximum atomic E-state index is 11.3. The fraction of sp³-hybridized carbons (Fsp3) is 0.800. The Labute approximate surface area is 85.9 Å². The molecule has 0 saturated carbocycles. The second kappa shape index (κ2) is 6.40. The number of hydrogen-bond acceptors (Lipinski definition) is 3. The summed E-state index contributed by atoms with van der Waals surface area (Å²) in [5.74, 6) is 0. The molecule has 0 radical (unpaired) electrons. The maximum absolute atomic E-state index is 11.3. The Hall–Kier alpha value is -1.06. The highest BCUT2D eigenvalue weighted by Crippen LogP contribution is 1.99. The lowest BCUT2D eigenvalue weighted by Crippen LogP contribution is -2.32. The smallest absolute Gasteiger partial charge is 0.307 e. The van der Waals surface area contributed by atoms with Crippen LogP contribution in [-0.2, 0) is 4.84 Å². The van der Waals surface area contributed by atoms with Crippen molar-refractivity contribution in [2.45, 2.75) is 46.6 Å². The molecule has 0 aromatic rings. The van der Waals surface area contributed by atoms with Gasteiger partial charge in [-0.3, -0.25) is 4.84 Å². The molecule has 0 fully saturated rings. The van der Waals surface area contributed by atoms with Gasteiger partial charge in [0.2, 0.25) is 0 Å². The molecule has 0 aromatic carbocycles. The van der Waals surface area contributed by atoms with Gasteiger partial charge in [-0.1, -0.05) is 18.5 Å². The molecule has 0 saturated heterocycles. The average Bonchev–Trinajstić information content (AvgIpc) is 2.13. The van der Waals surface area contributed by atoms with Crippen molar-refractivity contribution in [2.24, 2.45) is 5.16 Å². The minimum absolute atomic E-state index is 0.129. The summed E-state index contributed by atoms with van der Waals surface area (Å²) < 4.78 is 0. The van der Waals surface area contributed by atoms with Gasteiger partial charge < -0.3 is 4.90 Å². The van der Waals surface area contributed by atoms with E-state index in [-0.39, 0.29) is 6.04 Å². The average molecular weight is 200 g/mol. The van der Waals surface area contributed by atoms with Gasteiger partial charge in [0, 0.05) is 13.1 Å². The minimum atomic E-state index is -0.407. The quantitative estimate of drug-likeness (QED) is 0.397. The highest BCUT2D eigenvalue weighted by atomic mass is 16.7. The van der Waals surface area contributed by atoms with Gasteiger partial charge >= 0.3 is 6.09 Å². The number of nitrogens with zero attached hydrogens (tertiary/aromatic N) is 2. The summed E-state index contributed by atoms with van der Waals surface area (Å²) in [5, 5.41) is 3.74. The monoisotopic (exact) mass is 200 g/mol. The Kier molecular flexibility index (Phi) is 5.92. The molecule has 0 aromatic heterocycles. The summed E-state index contributed by atoms with van der Waals surface area (Å²) >= 11 is 0. The van der Waals surface area contributed by atoms with Crippen LogP contribution in [0, 0.1) is 0 Å². The van der Waals surface area contributed by atoms with Crippen LogP contribution in [0.25, 0.3) is 0 Å². The Balaban J connectivity index is 4.01. The molecule has 0 unspecified atom stereocenters. The molecular formula is C10H20N2O2. The predicted octanol–water partition coefficient (Wildman–Crippen LogP) is 2.64. The van der Waals surface area contributed by atoms with Gasteiger partial charge in [-0.05, 0) is 27.2 Å².